The summed E-state index contributed by atoms with van der Waals surface area (Å²) >= 11 is 0. The van der Waals surface area contributed by atoms with E-state index in [-0.39, 0.29) is 5.82 Å². The molecule has 0 fully saturated rings. The van der Waals surface area contributed by atoms with Crippen molar-refractivity contribution in [2.24, 2.45) is 0 Å². The van der Waals surface area contributed by atoms with E-state index in [0.29, 0.717) is 5.56 Å². The Morgan fingerprint density at radius 1 is 1.29 bits per heavy atom. The van der Waals surface area contributed by atoms with Gasteiger partial charge in [-0.25, -0.2) is 9.37 Å². The van der Waals surface area contributed by atoms with E-state index >= 15 is 0 Å². The summed E-state index contributed by atoms with van der Waals surface area (Å²) in [5, 5.41) is 4.23. The highest BCUT2D eigenvalue weighted by Gasteiger charge is 2.09. The Bertz CT molecular complexity index is 549. The number of halogens is 1. The summed E-state index contributed by atoms with van der Waals surface area (Å²) in [7, 11) is 0. The summed E-state index contributed by atoms with van der Waals surface area (Å²) in [5.74, 6) is 0.674. The fraction of sp³-hybridized carbons (Fsp3) is 0.357. The number of hydrogen-bond donors (Lipinski definition) is 1. The van der Waals surface area contributed by atoms with Crippen LogP contribution in [-0.4, -0.2) is 11.5 Å². The number of nitrogens with one attached hydrogen (secondary N) is 1. The maximum absolute atomic E-state index is 13.5. The van der Waals surface area contributed by atoms with E-state index in [2.05, 4.69) is 23.3 Å². The van der Waals surface area contributed by atoms with Gasteiger partial charge in [-0.05, 0) is 44.0 Å². The van der Waals surface area contributed by atoms with Crippen molar-refractivity contribution in [2.75, 3.05) is 11.9 Å². The van der Waals surface area contributed by atoms with E-state index in [1.807, 2.05) is 6.92 Å². The van der Waals surface area contributed by atoms with Gasteiger partial charge in [0.1, 0.15) is 11.6 Å². The molecular weight excluding hydrogens is 215 g/mol. The lowest BCUT2D eigenvalue weighted by atomic mass is 10.1. The van der Waals surface area contributed by atoms with Crippen molar-refractivity contribution in [3.05, 3.63) is 35.1 Å². The quantitative estimate of drug-likeness (QED) is 0.873. The molecule has 0 aliphatic carbocycles. The minimum atomic E-state index is -0.198. The van der Waals surface area contributed by atoms with E-state index in [1.54, 1.807) is 13.0 Å². The molecule has 0 atom stereocenters. The average molecular weight is 232 g/mol. The van der Waals surface area contributed by atoms with Crippen LogP contribution in [0.2, 0.25) is 0 Å². The molecule has 0 unspecified atom stereocenters. The van der Waals surface area contributed by atoms with Gasteiger partial charge < -0.3 is 5.32 Å². The normalized spacial score (nSPS) is 10.8. The SMILES string of the molecule is CCNc1nc2c(C)c(F)ccc2cc1CC. The van der Waals surface area contributed by atoms with Gasteiger partial charge in [-0.2, -0.15) is 0 Å². The lowest BCUT2D eigenvalue weighted by molar-refractivity contribution is 0.620. The molecule has 3 heteroatoms. The van der Waals surface area contributed by atoms with Gasteiger partial charge in [-0.1, -0.05) is 6.92 Å². The van der Waals surface area contributed by atoms with E-state index in [9.17, 15) is 4.39 Å². The summed E-state index contributed by atoms with van der Waals surface area (Å²) < 4.78 is 13.5. The standard InChI is InChI=1S/C14H17FN2/c1-4-10-8-11-6-7-12(15)9(3)13(11)17-14(10)16-5-2/h6-8H,4-5H2,1-3H3,(H,16,17). The van der Waals surface area contributed by atoms with Gasteiger partial charge >= 0.3 is 0 Å². The van der Waals surface area contributed by atoms with Crippen molar-refractivity contribution >= 4 is 16.7 Å². The highest BCUT2D eigenvalue weighted by atomic mass is 19.1. The minimum absolute atomic E-state index is 0.198. The molecule has 0 radical (unpaired) electrons. The average Bonchev–Trinajstić information content (AvgIpc) is 2.34. The number of anilines is 1. The van der Waals surface area contributed by atoms with Gasteiger partial charge in [-0.15, -0.1) is 0 Å². The van der Waals surface area contributed by atoms with Gasteiger partial charge in [0.2, 0.25) is 0 Å². The fourth-order valence-electron chi connectivity index (χ4n) is 1.99. The van der Waals surface area contributed by atoms with E-state index in [0.717, 1.165) is 29.7 Å². The number of benzene rings is 1. The van der Waals surface area contributed by atoms with Crippen molar-refractivity contribution in [3.63, 3.8) is 0 Å². The second-order valence-electron chi connectivity index (χ2n) is 4.12. The van der Waals surface area contributed by atoms with Gasteiger partial charge in [0, 0.05) is 17.5 Å². The maximum atomic E-state index is 13.5. The van der Waals surface area contributed by atoms with Crippen molar-refractivity contribution < 1.29 is 4.39 Å². The Morgan fingerprint density at radius 2 is 2.06 bits per heavy atom. The topological polar surface area (TPSA) is 24.9 Å². The van der Waals surface area contributed by atoms with Crippen LogP contribution in [0.5, 0.6) is 0 Å². The predicted molar refractivity (Wildman–Crippen MR) is 70.0 cm³/mol. The molecule has 0 amide bonds. The van der Waals surface area contributed by atoms with Crippen molar-refractivity contribution in [2.45, 2.75) is 27.2 Å². The Hall–Kier alpha value is -1.64. The Labute approximate surface area is 101 Å². The van der Waals surface area contributed by atoms with E-state index in [4.69, 9.17) is 0 Å². The van der Waals surface area contributed by atoms with Crippen LogP contribution >= 0.6 is 0 Å². The summed E-state index contributed by atoms with van der Waals surface area (Å²) in [6, 6.07) is 5.39. The summed E-state index contributed by atoms with van der Waals surface area (Å²) in [6.45, 7) is 6.72. The van der Waals surface area contributed by atoms with Crippen molar-refractivity contribution in [1.29, 1.82) is 0 Å². The molecule has 90 valence electrons. The third-order valence-electron chi connectivity index (χ3n) is 2.98. The van der Waals surface area contributed by atoms with Crippen LogP contribution in [0.4, 0.5) is 10.2 Å². The highest BCUT2D eigenvalue weighted by Crippen LogP contribution is 2.24. The fourth-order valence-corrected chi connectivity index (χ4v) is 1.99. The predicted octanol–water partition coefficient (Wildman–Crippen LogP) is 3.68. The molecule has 0 aliphatic rings. The molecule has 1 aromatic carbocycles. The molecule has 2 aromatic rings. The second-order valence-corrected chi connectivity index (χ2v) is 4.12. The van der Waals surface area contributed by atoms with Crippen molar-refractivity contribution in [1.82, 2.24) is 4.98 Å². The molecule has 0 saturated carbocycles. The van der Waals surface area contributed by atoms with Crippen LogP contribution in [0.25, 0.3) is 10.9 Å². The molecule has 0 aliphatic heterocycles. The van der Waals surface area contributed by atoms with Gasteiger partial charge in [0.15, 0.2) is 0 Å². The van der Waals surface area contributed by atoms with Crippen LogP contribution in [0.3, 0.4) is 0 Å². The molecule has 0 spiro atoms. The first-order valence-corrected chi connectivity index (χ1v) is 6.00. The molecule has 2 nitrogen and oxygen atoms in total. The number of aromatic nitrogens is 1. The second kappa shape index (κ2) is 4.70. The van der Waals surface area contributed by atoms with Gasteiger partial charge in [0.05, 0.1) is 5.52 Å². The molecule has 1 aromatic heterocycles. The summed E-state index contributed by atoms with van der Waals surface area (Å²) in [4.78, 5) is 4.54. The van der Waals surface area contributed by atoms with Gasteiger partial charge in [0.25, 0.3) is 0 Å². The molecule has 2 rings (SSSR count). The number of aryl methyl sites for hydroxylation is 2. The molecule has 0 saturated heterocycles. The number of nitrogens with zero attached hydrogens (tertiary/aromatic N) is 1. The molecular formula is C14H17FN2. The van der Waals surface area contributed by atoms with E-state index < -0.39 is 0 Å². The lowest BCUT2D eigenvalue weighted by Crippen LogP contribution is -2.04. The Kier molecular flexibility index (Phi) is 3.27. The minimum Gasteiger partial charge on any atom is -0.370 e. The first kappa shape index (κ1) is 11.8. The van der Waals surface area contributed by atoms with E-state index in [1.165, 1.54) is 11.6 Å². The zero-order chi connectivity index (χ0) is 12.4. The van der Waals surface area contributed by atoms with Crippen LogP contribution in [0, 0.1) is 12.7 Å². The van der Waals surface area contributed by atoms with Crippen LogP contribution in [-0.2, 0) is 6.42 Å². The van der Waals surface area contributed by atoms with Crippen molar-refractivity contribution in [3.8, 4) is 0 Å². The number of fused-ring (bicyclic) bond motifs is 1. The monoisotopic (exact) mass is 232 g/mol. The van der Waals surface area contributed by atoms with Crippen LogP contribution in [0.15, 0.2) is 18.2 Å². The molecule has 1 heterocycles. The smallest absolute Gasteiger partial charge is 0.129 e. The Balaban J connectivity index is 2.70. The third-order valence-corrected chi connectivity index (χ3v) is 2.98. The first-order valence-electron chi connectivity index (χ1n) is 6.00. The Morgan fingerprint density at radius 3 is 2.71 bits per heavy atom. The zero-order valence-corrected chi connectivity index (χ0v) is 10.5. The lowest BCUT2D eigenvalue weighted by Gasteiger charge is -2.11. The van der Waals surface area contributed by atoms with Crippen LogP contribution in [0.1, 0.15) is 25.0 Å². The first-order chi connectivity index (χ1) is 8.17. The highest BCUT2D eigenvalue weighted by molar-refractivity contribution is 5.84. The van der Waals surface area contributed by atoms with Crippen LogP contribution < -0.4 is 5.32 Å². The molecule has 0 bridgehead atoms. The molecule has 17 heavy (non-hydrogen) atoms. The number of hydrogen-bond acceptors (Lipinski definition) is 2. The molecule has 1 N–H and O–H groups in total. The van der Waals surface area contributed by atoms with Gasteiger partial charge in [-0.3, -0.25) is 0 Å². The summed E-state index contributed by atoms with van der Waals surface area (Å²) in [6.07, 6.45) is 0.918. The summed E-state index contributed by atoms with van der Waals surface area (Å²) in [5.41, 5.74) is 2.54. The maximum Gasteiger partial charge on any atom is 0.129 e. The third kappa shape index (κ3) is 2.09. The number of pyridine rings is 1. The number of rotatable bonds is 3. The largest absolute Gasteiger partial charge is 0.370 e. The zero-order valence-electron chi connectivity index (χ0n) is 10.5.